The Kier molecular flexibility index (Phi) is 8.62. The summed E-state index contributed by atoms with van der Waals surface area (Å²) in [5.41, 5.74) is 8.89. The summed E-state index contributed by atoms with van der Waals surface area (Å²) in [4.78, 5) is 32.5. The van der Waals surface area contributed by atoms with Gasteiger partial charge in [-0.05, 0) is 29.5 Å². The molecule has 0 fully saturated rings. The molecule has 3 aromatic carbocycles. The number of carboxylic acid groups (broad SMARTS) is 1. The monoisotopic (exact) mass is 524 g/mol. The van der Waals surface area contributed by atoms with Crippen molar-refractivity contribution in [2.24, 2.45) is 11.1 Å². The Morgan fingerprint density at radius 3 is 2.05 bits per heavy atom. The number of hydrogen-bond acceptors (Lipinski definition) is 4. The zero-order valence-corrected chi connectivity index (χ0v) is 22.7. The lowest BCUT2D eigenvalue weighted by Crippen LogP contribution is -2.45. The van der Waals surface area contributed by atoms with Gasteiger partial charge in [0.05, 0.1) is 11.7 Å². The highest BCUT2D eigenvalue weighted by atomic mass is 16.4. The lowest BCUT2D eigenvalue weighted by atomic mass is 9.84. The van der Waals surface area contributed by atoms with Crippen LogP contribution >= 0.6 is 0 Å². The molecule has 0 aliphatic heterocycles. The molecular weight excluding hydrogens is 488 g/mol. The first-order valence-electron chi connectivity index (χ1n) is 13.2. The van der Waals surface area contributed by atoms with Crippen LogP contribution in [0.2, 0.25) is 0 Å². The maximum Gasteiger partial charge on any atom is 0.320 e. The van der Waals surface area contributed by atoms with E-state index in [0.29, 0.717) is 12.1 Å². The van der Waals surface area contributed by atoms with Crippen LogP contribution in [0.5, 0.6) is 0 Å². The standard InChI is InChI=1S/C32H36N4O3/c1-32(2,3)28(36(20-19-26(33)31(38)39)30(37)25-17-11-6-12-18-25)29-34-27(24-15-9-5-10-16-24)22-35(29)21-23-13-7-4-8-14-23/h4-18,22,26,28H,19-21,33H2,1-3H3,(H,38,39)/t26-,28-/m0/s1. The molecule has 7 heteroatoms. The number of benzene rings is 3. The highest BCUT2D eigenvalue weighted by Gasteiger charge is 2.39. The van der Waals surface area contributed by atoms with Crippen LogP contribution in [-0.2, 0) is 11.3 Å². The fourth-order valence-electron chi connectivity index (χ4n) is 4.79. The van der Waals surface area contributed by atoms with Gasteiger partial charge in [-0.3, -0.25) is 9.59 Å². The predicted octanol–water partition coefficient (Wildman–Crippen LogP) is 5.63. The fourth-order valence-corrected chi connectivity index (χ4v) is 4.79. The van der Waals surface area contributed by atoms with Crippen LogP contribution in [0.3, 0.4) is 0 Å². The van der Waals surface area contributed by atoms with Crippen molar-refractivity contribution in [3.63, 3.8) is 0 Å². The molecule has 3 N–H and O–H groups in total. The number of nitrogens with two attached hydrogens (primary N) is 1. The number of rotatable bonds is 10. The van der Waals surface area contributed by atoms with Crippen LogP contribution in [-0.4, -0.2) is 44.0 Å². The van der Waals surface area contributed by atoms with Crippen LogP contribution in [0.25, 0.3) is 11.3 Å². The second kappa shape index (κ2) is 12.1. The number of amides is 1. The molecule has 0 radical (unpaired) electrons. The van der Waals surface area contributed by atoms with Crippen LogP contribution in [0.15, 0.2) is 97.2 Å². The van der Waals surface area contributed by atoms with Gasteiger partial charge in [0.1, 0.15) is 11.9 Å². The van der Waals surface area contributed by atoms with E-state index in [9.17, 15) is 14.7 Å². The van der Waals surface area contributed by atoms with Crippen LogP contribution < -0.4 is 5.73 Å². The number of hydrogen-bond donors (Lipinski definition) is 2. The SMILES string of the molecule is CC(C)(C)[C@H](c1nc(-c2ccccc2)cn1Cc1ccccc1)N(CC[C@H](N)C(=O)O)C(=O)c1ccccc1. The van der Waals surface area contributed by atoms with Gasteiger partial charge in [-0.15, -0.1) is 0 Å². The van der Waals surface area contributed by atoms with E-state index in [-0.39, 0.29) is 18.9 Å². The summed E-state index contributed by atoms with van der Waals surface area (Å²) in [5.74, 6) is -0.548. The second-order valence-electron chi connectivity index (χ2n) is 10.8. The van der Waals surface area contributed by atoms with Crippen molar-refractivity contribution in [2.75, 3.05) is 6.54 Å². The summed E-state index contributed by atoms with van der Waals surface area (Å²) in [6, 6.07) is 27.6. The second-order valence-corrected chi connectivity index (χ2v) is 10.8. The molecular formula is C32H36N4O3. The lowest BCUT2D eigenvalue weighted by Gasteiger charge is -2.40. The van der Waals surface area contributed by atoms with E-state index in [1.54, 1.807) is 17.0 Å². The first-order chi connectivity index (χ1) is 18.6. The van der Waals surface area contributed by atoms with E-state index in [1.807, 2.05) is 72.9 Å². The molecule has 1 amide bonds. The fraction of sp³-hybridized carbons (Fsp3) is 0.281. The van der Waals surface area contributed by atoms with Crippen LogP contribution in [0.4, 0.5) is 0 Å². The molecule has 0 spiro atoms. The summed E-state index contributed by atoms with van der Waals surface area (Å²) in [6.45, 7) is 6.96. The van der Waals surface area contributed by atoms with Crippen LogP contribution in [0, 0.1) is 5.41 Å². The van der Waals surface area contributed by atoms with E-state index >= 15 is 0 Å². The third kappa shape index (κ3) is 6.81. The highest BCUT2D eigenvalue weighted by Crippen LogP contribution is 2.40. The Bertz CT molecular complexity index is 1380. The minimum absolute atomic E-state index is 0.116. The van der Waals surface area contributed by atoms with Gasteiger partial charge in [-0.1, -0.05) is 99.6 Å². The van der Waals surface area contributed by atoms with Crippen molar-refractivity contribution in [2.45, 2.75) is 45.8 Å². The minimum atomic E-state index is -1.09. The first-order valence-corrected chi connectivity index (χ1v) is 13.2. The molecule has 7 nitrogen and oxygen atoms in total. The van der Waals surface area contributed by atoms with Gasteiger partial charge in [-0.25, -0.2) is 4.98 Å². The van der Waals surface area contributed by atoms with Gasteiger partial charge in [0, 0.05) is 30.4 Å². The van der Waals surface area contributed by atoms with Crippen molar-refractivity contribution < 1.29 is 14.7 Å². The van der Waals surface area contributed by atoms with E-state index in [1.165, 1.54) is 0 Å². The average molecular weight is 525 g/mol. The molecule has 0 unspecified atom stereocenters. The third-order valence-corrected chi connectivity index (χ3v) is 6.73. The minimum Gasteiger partial charge on any atom is -0.480 e. The summed E-state index contributed by atoms with van der Waals surface area (Å²) < 4.78 is 2.11. The number of carbonyl (C=O) groups excluding carboxylic acids is 1. The molecule has 4 rings (SSSR count). The summed E-state index contributed by atoms with van der Waals surface area (Å²) in [6.07, 6.45) is 2.15. The van der Waals surface area contributed by atoms with E-state index in [0.717, 1.165) is 22.6 Å². The number of aliphatic carboxylic acids is 1. The smallest absolute Gasteiger partial charge is 0.320 e. The van der Waals surface area contributed by atoms with Crippen molar-refractivity contribution in [3.05, 3.63) is 114 Å². The maximum atomic E-state index is 14.0. The van der Waals surface area contributed by atoms with Gasteiger partial charge >= 0.3 is 5.97 Å². The molecule has 0 aliphatic rings. The summed E-state index contributed by atoms with van der Waals surface area (Å²) in [5, 5.41) is 9.46. The topological polar surface area (TPSA) is 101 Å². The molecule has 4 aromatic rings. The van der Waals surface area contributed by atoms with E-state index < -0.39 is 23.5 Å². The lowest BCUT2D eigenvalue weighted by molar-refractivity contribution is -0.138. The number of imidazole rings is 1. The molecule has 1 aromatic heterocycles. The molecule has 39 heavy (non-hydrogen) atoms. The average Bonchev–Trinajstić information content (AvgIpc) is 3.33. The number of carboxylic acids is 1. The first kappa shape index (κ1) is 27.8. The van der Waals surface area contributed by atoms with Crippen molar-refractivity contribution in [1.29, 1.82) is 0 Å². The third-order valence-electron chi connectivity index (χ3n) is 6.73. The normalized spacial score (nSPS) is 13.0. The Morgan fingerprint density at radius 1 is 0.923 bits per heavy atom. The number of aromatic nitrogens is 2. The molecule has 0 aliphatic carbocycles. The molecule has 202 valence electrons. The highest BCUT2D eigenvalue weighted by molar-refractivity contribution is 5.94. The number of carbonyl (C=O) groups is 2. The van der Waals surface area contributed by atoms with Crippen molar-refractivity contribution in [1.82, 2.24) is 14.5 Å². The van der Waals surface area contributed by atoms with Gasteiger partial charge in [0.15, 0.2) is 0 Å². The molecule has 0 bridgehead atoms. The summed E-state index contributed by atoms with van der Waals surface area (Å²) in [7, 11) is 0. The van der Waals surface area contributed by atoms with Gasteiger partial charge in [0.2, 0.25) is 0 Å². The van der Waals surface area contributed by atoms with E-state index in [4.69, 9.17) is 10.7 Å². The molecule has 0 saturated heterocycles. The maximum absolute atomic E-state index is 14.0. The number of nitrogens with zero attached hydrogens (tertiary/aromatic N) is 3. The Balaban J connectivity index is 1.86. The molecule has 2 atom stereocenters. The van der Waals surface area contributed by atoms with Gasteiger partial charge < -0.3 is 20.3 Å². The summed E-state index contributed by atoms with van der Waals surface area (Å²) >= 11 is 0. The molecule has 1 heterocycles. The zero-order chi connectivity index (χ0) is 28.0. The van der Waals surface area contributed by atoms with Crippen LogP contribution in [0.1, 0.15) is 55.0 Å². The van der Waals surface area contributed by atoms with E-state index in [2.05, 4.69) is 37.5 Å². The Hall–Kier alpha value is -4.23. The van der Waals surface area contributed by atoms with Gasteiger partial charge in [0.25, 0.3) is 5.91 Å². The zero-order valence-electron chi connectivity index (χ0n) is 22.7. The van der Waals surface area contributed by atoms with Crippen molar-refractivity contribution >= 4 is 11.9 Å². The Labute approximate surface area is 229 Å². The molecule has 0 saturated carbocycles. The Morgan fingerprint density at radius 2 is 1.49 bits per heavy atom. The largest absolute Gasteiger partial charge is 0.480 e. The van der Waals surface area contributed by atoms with Gasteiger partial charge in [-0.2, -0.15) is 0 Å². The van der Waals surface area contributed by atoms with Crippen molar-refractivity contribution in [3.8, 4) is 11.3 Å². The quantitative estimate of drug-likeness (QED) is 0.280. The predicted molar refractivity (Wildman–Crippen MR) is 153 cm³/mol.